The Labute approximate surface area is 123 Å². The van der Waals surface area contributed by atoms with Gasteiger partial charge in [0, 0.05) is 5.39 Å². The fourth-order valence-electron chi connectivity index (χ4n) is 1.61. The Balaban J connectivity index is 0.000000134. The molecular weight excluding hydrogens is 268 g/mol. The molecule has 4 rings (SSSR count). The van der Waals surface area contributed by atoms with Gasteiger partial charge in [0.2, 0.25) is 0 Å². The molecule has 1 aromatic carbocycles. The topological polar surface area (TPSA) is 82.1 Å². The molecule has 3 heterocycles. The van der Waals surface area contributed by atoms with E-state index in [4.69, 9.17) is 5.73 Å². The Bertz CT molecular complexity index is 585. The van der Waals surface area contributed by atoms with E-state index in [1.54, 1.807) is 0 Å². The van der Waals surface area contributed by atoms with Crippen molar-refractivity contribution in [1.82, 2.24) is 4.98 Å². The third kappa shape index (κ3) is 5.48. The zero-order valence-electron chi connectivity index (χ0n) is 11.7. The van der Waals surface area contributed by atoms with Crippen LogP contribution < -0.4 is 5.73 Å². The molecule has 6 nitrogen and oxygen atoms in total. The van der Waals surface area contributed by atoms with Crippen molar-refractivity contribution in [2.45, 2.75) is 0 Å². The summed E-state index contributed by atoms with van der Waals surface area (Å²) in [5.74, 6) is 0.573. The molecule has 0 saturated heterocycles. The predicted molar refractivity (Wildman–Crippen MR) is 84.8 cm³/mol. The van der Waals surface area contributed by atoms with Crippen molar-refractivity contribution in [3.63, 3.8) is 0 Å². The summed E-state index contributed by atoms with van der Waals surface area (Å²) in [4.78, 5) is 11.6. The minimum absolute atomic E-state index is 0.573. The van der Waals surface area contributed by atoms with E-state index in [9.17, 15) is 0 Å². The van der Waals surface area contributed by atoms with Crippen LogP contribution in [0.4, 0.5) is 5.82 Å². The van der Waals surface area contributed by atoms with E-state index in [2.05, 4.69) is 24.4 Å². The predicted octanol–water partition coefficient (Wildman–Crippen LogP) is 1.91. The normalized spacial score (nSPS) is 14.5. The van der Waals surface area contributed by atoms with Crippen LogP contribution in [0.3, 0.4) is 0 Å². The quantitative estimate of drug-likeness (QED) is 0.802. The fraction of sp³-hybridized carbons (Fsp3) is 0.267. The van der Waals surface area contributed by atoms with Gasteiger partial charge in [0.05, 0.1) is 18.6 Å². The van der Waals surface area contributed by atoms with Gasteiger partial charge in [-0.1, -0.05) is 18.2 Å². The Kier molecular flexibility index (Phi) is 6.00. The average Bonchev–Trinajstić information content (AvgIpc) is 3.25. The second kappa shape index (κ2) is 8.52. The average molecular weight is 286 g/mol. The highest BCUT2D eigenvalue weighted by Gasteiger charge is 1.91. The van der Waals surface area contributed by atoms with E-state index in [-0.39, 0.29) is 0 Å². The van der Waals surface area contributed by atoms with Gasteiger partial charge in [0.1, 0.15) is 19.0 Å². The van der Waals surface area contributed by atoms with E-state index in [0.29, 0.717) is 5.82 Å². The number of ether oxygens (including phenoxy) is 2. The molecule has 110 valence electrons. The minimum Gasteiger partial charge on any atom is -0.482 e. The number of pyridine rings is 1. The molecule has 2 aliphatic rings. The first kappa shape index (κ1) is 14.8. The molecular formula is C15H18N4O2. The lowest BCUT2D eigenvalue weighted by Crippen LogP contribution is -1.88. The molecule has 0 unspecified atom stereocenters. The summed E-state index contributed by atoms with van der Waals surface area (Å²) in [6.07, 6.45) is 2.97. The van der Waals surface area contributed by atoms with E-state index in [1.807, 2.05) is 36.4 Å². The van der Waals surface area contributed by atoms with Crippen LogP contribution in [0.15, 0.2) is 46.4 Å². The van der Waals surface area contributed by atoms with Crippen LogP contribution in [0.5, 0.6) is 0 Å². The summed E-state index contributed by atoms with van der Waals surface area (Å²) in [6.45, 7) is 3.25. The number of hydrogen-bond donors (Lipinski definition) is 1. The molecule has 0 aliphatic carbocycles. The first-order valence-corrected chi connectivity index (χ1v) is 6.67. The Morgan fingerprint density at radius 1 is 0.857 bits per heavy atom. The number of nitrogens with zero attached hydrogens (tertiary/aromatic N) is 3. The van der Waals surface area contributed by atoms with Crippen LogP contribution in [0.2, 0.25) is 0 Å². The maximum absolute atomic E-state index is 5.51. The van der Waals surface area contributed by atoms with Crippen LogP contribution in [-0.4, -0.2) is 44.1 Å². The van der Waals surface area contributed by atoms with Gasteiger partial charge >= 0.3 is 0 Å². The van der Waals surface area contributed by atoms with Gasteiger partial charge in [-0.2, -0.15) is 0 Å². The summed E-state index contributed by atoms with van der Waals surface area (Å²) >= 11 is 0. The number of fused-ring (bicyclic) bond motifs is 1. The van der Waals surface area contributed by atoms with Crippen molar-refractivity contribution >= 4 is 29.5 Å². The summed E-state index contributed by atoms with van der Waals surface area (Å²) < 4.78 is 9.31. The van der Waals surface area contributed by atoms with E-state index >= 15 is 0 Å². The summed E-state index contributed by atoms with van der Waals surface area (Å²) in [7, 11) is 0. The second-order valence-corrected chi connectivity index (χ2v) is 4.19. The lowest BCUT2D eigenvalue weighted by Gasteiger charge is -1.95. The van der Waals surface area contributed by atoms with Crippen molar-refractivity contribution in [2.75, 3.05) is 32.0 Å². The standard InChI is InChI=1S/C9H8N2.2C3H5NO/c10-9-6-5-7-3-1-2-4-8(7)11-9;2*1-2-5-3-4-1/h1-6H,(H2,10,11);2*3H,1-2H2. The van der Waals surface area contributed by atoms with Crippen molar-refractivity contribution in [1.29, 1.82) is 0 Å². The van der Waals surface area contributed by atoms with Crippen molar-refractivity contribution in [3.8, 4) is 0 Å². The fourth-order valence-corrected chi connectivity index (χ4v) is 1.61. The van der Waals surface area contributed by atoms with Crippen molar-refractivity contribution in [2.24, 2.45) is 9.98 Å². The molecule has 1 aromatic heterocycles. The zero-order chi connectivity index (χ0) is 14.8. The molecule has 0 spiro atoms. The SMILES string of the molecule is C1=NCCO1.C1=NCCO1.Nc1ccc2ccccc2n1. The van der Waals surface area contributed by atoms with Gasteiger partial charge in [-0.05, 0) is 18.2 Å². The van der Waals surface area contributed by atoms with Gasteiger partial charge < -0.3 is 15.2 Å². The minimum atomic E-state index is 0.573. The third-order valence-corrected chi connectivity index (χ3v) is 2.59. The summed E-state index contributed by atoms with van der Waals surface area (Å²) in [5.41, 5.74) is 6.46. The molecule has 2 aliphatic heterocycles. The maximum atomic E-state index is 5.51. The lowest BCUT2D eigenvalue weighted by atomic mass is 10.2. The third-order valence-electron chi connectivity index (χ3n) is 2.59. The Morgan fingerprint density at radius 2 is 1.52 bits per heavy atom. The molecule has 21 heavy (non-hydrogen) atoms. The highest BCUT2D eigenvalue weighted by molar-refractivity contribution is 5.79. The second-order valence-electron chi connectivity index (χ2n) is 4.19. The Hall–Kier alpha value is -2.63. The van der Waals surface area contributed by atoms with Crippen LogP contribution in [-0.2, 0) is 9.47 Å². The zero-order valence-corrected chi connectivity index (χ0v) is 11.7. The molecule has 0 saturated carbocycles. The number of benzene rings is 1. The van der Waals surface area contributed by atoms with Crippen LogP contribution >= 0.6 is 0 Å². The van der Waals surface area contributed by atoms with Crippen molar-refractivity contribution < 1.29 is 9.47 Å². The highest BCUT2D eigenvalue weighted by atomic mass is 16.5. The van der Waals surface area contributed by atoms with Gasteiger partial charge in [-0.25, -0.2) is 4.98 Å². The van der Waals surface area contributed by atoms with Crippen LogP contribution in [0.1, 0.15) is 0 Å². The first-order valence-electron chi connectivity index (χ1n) is 6.67. The van der Waals surface area contributed by atoms with Gasteiger partial charge in [-0.3, -0.25) is 9.98 Å². The Morgan fingerprint density at radius 3 is 2.05 bits per heavy atom. The maximum Gasteiger partial charge on any atom is 0.169 e. The monoisotopic (exact) mass is 286 g/mol. The molecule has 0 fully saturated rings. The molecule has 0 atom stereocenters. The highest BCUT2D eigenvalue weighted by Crippen LogP contribution is 2.11. The van der Waals surface area contributed by atoms with Gasteiger partial charge in [0.15, 0.2) is 12.8 Å². The van der Waals surface area contributed by atoms with Crippen LogP contribution in [0.25, 0.3) is 10.9 Å². The summed E-state index contributed by atoms with van der Waals surface area (Å²) in [6, 6.07) is 11.7. The van der Waals surface area contributed by atoms with E-state index in [1.165, 1.54) is 12.8 Å². The number of nitrogen functional groups attached to an aromatic ring is 1. The van der Waals surface area contributed by atoms with E-state index in [0.717, 1.165) is 37.2 Å². The molecule has 0 amide bonds. The number of rotatable bonds is 0. The first-order chi connectivity index (χ1) is 10.4. The largest absolute Gasteiger partial charge is 0.482 e. The molecule has 0 radical (unpaired) electrons. The number of hydrogen-bond acceptors (Lipinski definition) is 6. The lowest BCUT2D eigenvalue weighted by molar-refractivity contribution is 0.361. The van der Waals surface area contributed by atoms with Crippen LogP contribution in [0, 0.1) is 0 Å². The molecule has 0 bridgehead atoms. The number of aliphatic imine (C=N–C) groups is 2. The van der Waals surface area contributed by atoms with Gasteiger partial charge in [-0.15, -0.1) is 0 Å². The number of nitrogens with two attached hydrogens (primary N) is 1. The number of anilines is 1. The van der Waals surface area contributed by atoms with Gasteiger partial charge in [0.25, 0.3) is 0 Å². The molecule has 6 heteroatoms. The molecule has 2 aromatic rings. The smallest absolute Gasteiger partial charge is 0.169 e. The number of aromatic nitrogens is 1. The van der Waals surface area contributed by atoms with E-state index < -0.39 is 0 Å². The van der Waals surface area contributed by atoms with Crippen molar-refractivity contribution in [3.05, 3.63) is 36.4 Å². The number of para-hydroxylation sites is 1. The molecule has 2 N–H and O–H groups in total. The summed E-state index contributed by atoms with van der Waals surface area (Å²) in [5, 5.41) is 1.13.